The Morgan fingerprint density at radius 3 is 2.33 bits per heavy atom. The first-order valence-electron chi connectivity index (χ1n) is 6.76. The SMILES string of the molecule is CC(C)C(NCCC(=O)N1CCCCC1)C(=O)O. The van der Waals surface area contributed by atoms with E-state index >= 15 is 0 Å². The van der Waals surface area contributed by atoms with E-state index in [1.54, 1.807) is 0 Å². The number of hydrogen-bond acceptors (Lipinski definition) is 3. The van der Waals surface area contributed by atoms with Crippen molar-refractivity contribution in [1.29, 1.82) is 0 Å². The van der Waals surface area contributed by atoms with Gasteiger partial charge in [0.2, 0.25) is 5.91 Å². The van der Waals surface area contributed by atoms with E-state index in [1.165, 1.54) is 6.42 Å². The number of carbonyl (C=O) groups excluding carboxylic acids is 1. The normalized spacial score (nSPS) is 17.8. The zero-order chi connectivity index (χ0) is 13.5. The van der Waals surface area contributed by atoms with Gasteiger partial charge in [-0.3, -0.25) is 9.59 Å². The second-order valence-electron chi connectivity index (χ2n) is 5.21. The van der Waals surface area contributed by atoms with E-state index in [4.69, 9.17) is 5.11 Å². The number of nitrogens with one attached hydrogen (secondary N) is 1. The largest absolute Gasteiger partial charge is 0.480 e. The summed E-state index contributed by atoms with van der Waals surface area (Å²) < 4.78 is 0. The lowest BCUT2D eigenvalue weighted by molar-refractivity contribution is -0.141. The predicted molar refractivity (Wildman–Crippen MR) is 69.3 cm³/mol. The molecule has 1 atom stereocenters. The molecule has 0 aliphatic carbocycles. The summed E-state index contributed by atoms with van der Waals surface area (Å²) in [7, 11) is 0. The second kappa shape index (κ2) is 7.36. The van der Waals surface area contributed by atoms with Gasteiger partial charge < -0.3 is 15.3 Å². The number of carboxylic acids is 1. The van der Waals surface area contributed by atoms with Crippen LogP contribution in [-0.4, -0.2) is 47.6 Å². The zero-order valence-corrected chi connectivity index (χ0v) is 11.3. The molecule has 0 spiro atoms. The van der Waals surface area contributed by atoms with Gasteiger partial charge in [-0.15, -0.1) is 0 Å². The van der Waals surface area contributed by atoms with Crippen LogP contribution in [0.3, 0.4) is 0 Å². The molecule has 0 saturated carbocycles. The van der Waals surface area contributed by atoms with Crippen molar-refractivity contribution < 1.29 is 14.7 Å². The van der Waals surface area contributed by atoms with Gasteiger partial charge in [-0.2, -0.15) is 0 Å². The molecule has 1 heterocycles. The van der Waals surface area contributed by atoms with Crippen LogP contribution in [-0.2, 0) is 9.59 Å². The second-order valence-corrected chi connectivity index (χ2v) is 5.21. The molecule has 0 aromatic rings. The van der Waals surface area contributed by atoms with Gasteiger partial charge in [0.05, 0.1) is 0 Å². The van der Waals surface area contributed by atoms with Crippen LogP contribution >= 0.6 is 0 Å². The Kier molecular flexibility index (Phi) is 6.12. The molecule has 104 valence electrons. The molecular formula is C13H24N2O3. The number of piperidine rings is 1. The van der Waals surface area contributed by atoms with Crippen LogP contribution in [0.15, 0.2) is 0 Å². The minimum absolute atomic E-state index is 0.0209. The maximum atomic E-state index is 11.9. The first kappa shape index (κ1) is 15.0. The van der Waals surface area contributed by atoms with Crippen LogP contribution in [0.1, 0.15) is 39.5 Å². The number of nitrogens with zero attached hydrogens (tertiary/aromatic N) is 1. The van der Waals surface area contributed by atoms with Crippen molar-refractivity contribution in [2.24, 2.45) is 5.92 Å². The van der Waals surface area contributed by atoms with Crippen LogP contribution in [0, 0.1) is 5.92 Å². The third-order valence-electron chi connectivity index (χ3n) is 3.34. The molecule has 0 aromatic heterocycles. The van der Waals surface area contributed by atoms with Crippen LogP contribution in [0.25, 0.3) is 0 Å². The van der Waals surface area contributed by atoms with Crippen LogP contribution in [0.4, 0.5) is 0 Å². The molecule has 0 radical (unpaired) electrons. The molecule has 1 rings (SSSR count). The summed E-state index contributed by atoms with van der Waals surface area (Å²) in [6.45, 7) is 5.86. The van der Waals surface area contributed by atoms with Crippen molar-refractivity contribution in [2.45, 2.75) is 45.6 Å². The van der Waals surface area contributed by atoms with Crippen molar-refractivity contribution in [1.82, 2.24) is 10.2 Å². The Morgan fingerprint density at radius 1 is 1.22 bits per heavy atom. The average Bonchev–Trinajstić information content (AvgIpc) is 2.34. The van der Waals surface area contributed by atoms with Crippen LogP contribution in [0.5, 0.6) is 0 Å². The van der Waals surface area contributed by atoms with Gasteiger partial charge in [-0.05, 0) is 25.2 Å². The number of aliphatic carboxylic acids is 1. The number of rotatable bonds is 6. The number of hydrogen-bond donors (Lipinski definition) is 2. The Labute approximate surface area is 109 Å². The average molecular weight is 256 g/mol. The van der Waals surface area contributed by atoms with E-state index in [0.717, 1.165) is 25.9 Å². The zero-order valence-electron chi connectivity index (χ0n) is 11.3. The van der Waals surface area contributed by atoms with Gasteiger partial charge in [-0.25, -0.2) is 0 Å². The summed E-state index contributed by atoms with van der Waals surface area (Å²) in [5.74, 6) is -0.696. The Morgan fingerprint density at radius 2 is 1.83 bits per heavy atom. The van der Waals surface area contributed by atoms with Crippen LogP contribution < -0.4 is 5.32 Å². The van der Waals surface area contributed by atoms with E-state index < -0.39 is 12.0 Å². The van der Waals surface area contributed by atoms with E-state index in [0.29, 0.717) is 13.0 Å². The van der Waals surface area contributed by atoms with Crippen molar-refractivity contribution in [3.8, 4) is 0 Å². The smallest absolute Gasteiger partial charge is 0.320 e. The fourth-order valence-electron chi connectivity index (χ4n) is 2.24. The molecule has 1 fully saturated rings. The minimum atomic E-state index is -0.851. The highest BCUT2D eigenvalue weighted by Crippen LogP contribution is 2.09. The highest BCUT2D eigenvalue weighted by atomic mass is 16.4. The first-order valence-corrected chi connectivity index (χ1v) is 6.76. The quantitative estimate of drug-likeness (QED) is 0.746. The predicted octanol–water partition coefficient (Wildman–Crippen LogP) is 1.09. The number of carbonyl (C=O) groups is 2. The fraction of sp³-hybridized carbons (Fsp3) is 0.846. The molecule has 5 heteroatoms. The Bertz CT molecular complexity index is 286. The number of likely N-dealkylation sites (tertiary alicyclic amines) is 1. The summed E-state index contributed by atoms with van der Waals surface area (Å²) in [5, 5.41) is 11.9. The molecule has 1 saturated heterocycles. The minimum Gasteiger partial charge on any atom is -0.480 e. The molecule has 5 nitrogen and oxygen atoms in total. The summed E-state index contributed by atoms with van der Waals surface area (Å²) in [6.07, 6.45) is 3.76. The topological polar surface area (TPSA) is 69.6 Å². The highest BCUT2D eigenvalue weighted by molar-refractivity contribution is 5.77. The summed E-state index contributed by atoms with van der Waals surface area (Å²) in [4.78, 5) is 24.7. The summed E-state index contributed by atoms with van der Waals surface area (Å²) >= 11 is 0. The molecule has 1 aliphatic heterocycles. The van der Waals surface area contributed by atoms with Crippen molar-refractivity contribution in [3.05, 3.63) is 0 Å². The van der Waals surface area contributed by atoms with Gasteiger partial charge >= 0.3 is 5.97 Å². The third-order valence-corrected chi connectivity index (χ3v) is 3.34. The number of amides is 1. The van der Waals surface area contributed by atoms with Gasteiger partial charge in [0.1, 0.15) is 6.04 Å². The van der Waals surface area contributed by atoms with Crippen molar-refractivity contribution in [3.63, 3.8) is 0 Å². The Balaban J connectivity index is 2.27. The van der Waals surface area contributed by atoms with Gasteiger partial charge in [0.15, 0.2) is 0 Å². The monoisotopic (exact) mass is 256 g/mol. The maximum Gasteiger partial charge on any atom is 0.320 e. The van der Waals surface area contributed by atoms with E-state index in [1.807, 2.05) is 18.7 Å². The molecule has 0 aromatic carbocycles. The molecule has 18 heavy (non-hydrogen) atoms. The third kappa shape index (κ3) is 4.64. The Hall–Kier alpha value is -1.10. The van der Waals surface area contributed by atoms with Gasteiger partial charge in [-0.1, -0.05) is 13.8 Å². The summed E-state index contributed by atoms with van der Waals surface area (Å²) in [6, 6.07) is -0.570. The lowest BCUT2D eigenvalue weighted by Gasteiger charge is -2.27. The van der Waals surface area contributed by atoms with Crippen LogP contribution in [0.2, 0.25) is 0 Å². The van der Waals surface area contributed by atoms with Crippen molar-refractivity contribution in [2.75, 3.05) is 19.6 Å². The summed E-state index contributed by atoms with van der Waals surface area (Å²) in [5.41, 5.74) is 0. The van der Waals surface area contributed by atoms with E-state index in [9.17, 15) is 9.59 Å². The lowest BCUT2D eigenvalue weighted by atomic mass is 10.0. The molecule has 2 N–H and O–H groups in total. The highest BCUT2D eigenvalue weighted by Gasteiger charge is 2.21. The molecular weight excluding hydrogens is 232 g/mol. The maximum absolute atomic E-state index is 11.9. The first-order chi connectivity index (χ1) is 8.52. The van der Waals surface area contributed by atoms with Gasteiger partial charge in [0, 0.05) is 26.1 Å². The van der Waals surface area contributed by atoms with E-state index in [2.05, 4.69) is 5.32 Å². The van der Waals surface area contributed by atoms with Crippen molar-refractivity contribution >= 4 is 11.9 Å². The molecule has 1 aliphatic rings. The molecule has 0 bridgehead atoms. The fourth-order valence-corrected chi connectivity index (χ4v) is 2.24. The molecule has 1 unspecified atom stereocenters. The lowest BCUT2D eigenvalue weighted by Crippen LogP contribution is -2.43. The van der Waals surface area contributed by atoms with E-state index in [-0.39, 0.29) is 11.8 Å². The molecule has 1 amide bonds. The number of carboxylic acid groups (broad SMARTS) is 1. The van der Waals surface area contributed by atoms with Gasteiger partial charge in [0.25, 0.3) is 0 Å². The standard InChI is InChI=1S/C13H24N2O3/c1-10(2)12(13(17)18)14-7-6-11(16)15-8-4-3-5-9-15/h10,12,14H,3-9H2,1-2H3,(H,17,18).